The average Bonchev–Trinajstić information content (AvgIpc) is 2.62. The number of halogens is 2. The normalized spacial score (nSPS) is 15.1. The lowest BCUT2D eigenvalue weighted by molar-refractivity contribution is 0.567. The smallest absolute Gasteiger partial charge is 0.208 e. The fourth-order valence-corrected chi connectivity index (χ4v) is 4.47. The molecule has 3 rings (SSSR count). The van der Waals surface area contributed by atoms with Crippen LogP contribution in [0.3, 0.4) is 0 Å². The van der Waals surface area contributed by atoms with Crippen LogP contribution >= 0.6 is 0 Å². The Hall–Kier alpha value is -2.19. The SMILES string of the molecule is CCNc1cc(N2CCNCC2)ccc1S(=O)(=O)c1cc(F)cc(F)c1. The highest BCUT2D eigenvalue weighted by Crippen LogP contribution is 2.32. The molecule has 2 aromatic rings. The predicted molar refractivity (Wildman–Crippen MR) is 97.5 cm³/mol. The van der Waals surface area contributed by atoms with Gasteiger partial charge in [-0.25, -0.2) is 17.2 Å². The Morgan fingerprint density at radius 2 is 1.73 bits per heavy atom. The largest absolute Gasteiger partial charge is 0.384 e. The summed E-state index contributed by atoms with van der Waals surface area (Å²) in [5.74, 6) is -1.85. The summed E-state index contributed by atoms with van der Waals surface area (Å²) in [6.07, 6.45) is 0. The Morgan fingerprint density at radius 1 is 1.08 bits per heavy atom. The summed E-state index contributed by atoms with van der Waals surface area (Å²) in [7, 11) is -4.06. The molecule has 5 nitrogen and oxygen atoms in total. The van der Waals surface area contributed by atoms with Crippen LogP contribution < -0.4 is 15.5 Å². The lowest BCUT2D eigenvalue weighted by Crippen LogP contribution is -2.43. The summed E-state index contributed by atoms with van der Waals surface area (Å²) in [6.45, 7) is 5.75. The number of anilines is 2. The van der Waals surface area contributed by atoms with Gasteiger partial charge in [0.1, 0.15) is 11.6 Å². The Balaban J connectivity index is 2.05. The molecule has 0 bridgehead atoms. The topological polar surface area (TPSA) is 61.4 Å². The van der Waals surface area contributed by atoms with E-state index >= 15 is 0 Å². The Morgan fingerprint density at radius 3 is 2.35 bits per heavy atom. The van der Waals surface area contributed by atoms with Gasteiger partial charge >= 0.3 is 0 Å². The quantitative estimate of drug-likeness (QED) is 0.834. The molecule has 0 saturated carbocycles. The zero-order valence-corrected chi connectivity index (χ0v) is 15.2. The molecule has 1 aliphatic rings. The number of hydrogen-bond donors (Lipinski definition) is 2. The fourth-order valence-electron chi connectivity index (χ4n) is 3.01. The van der Waals surface area contributed by atoms with Crippen molar-refractivity contribution >= 4 is 21.2 Å². The van der Waals surface area contributed by atoms with Gasteiger partial charge in [0, 0.05) is 44.5 Å². The van der Waals surface area contributed by atoms with Crippen LogP contribution in [0.1, 0.15) is 6.92 Å². The first-order valence-corrected chi connectivity index (χ1v) is 9.95. The highest BCUT2D eigenvalue weighted by atomic mass is 32.2. The first-order chi connectivity index (χ1) is 12.4. The van der Waals surface area contributed by atoms with Crippen LogP contribution in [-0.2, 0) is 9.84 Å². The first kappa shape index (κ1) is 18.6. The maximum atomic E-state index is 13.5. The third-order valence-electron chi connectivity index (χ3n) is 4.25. The van der Waals surface area contributed by atoms with Crippen molar-refractivity contribution in [3.05, 3.63) is 48.0 Å². The van der Waals surface area contributed by atoms with Crippen LogP contribution in [0, 0.1) is 11.6 Å². The molecular weight excluding hydrogens is 360 g/mol. The minimum absolute atomic E-state index is 0.00299. The van der Waals surface area contributed by atoms with Gasteiger partial charge in [0.25, 0.3) is 0 Å². The molecule has 1 heterocycles. The van der Waals surface area contributed by atoms with Crippen molar-refractivity contribution in [3.8, 4) is 0 Å². The molecule has 140 valence electrons. The fraction of sp³-hybridized carbons (Fsp3) is 0.333. The van der Waals surface area contributed by atoms with Gasteiger partial charge in [-0.15, -0.1) is 0 Å². The molecule has 2 N–H and O–H groups in total. The Labute approximate surface area is 151 Å². The van der Waals surface area contributed by atoms with Gasteiger partial charge in [-0.05, 0) is 37.3 Å². The third kappa shape index (κ3) is 3.81. The molecule has 8 heteroatoms. The summed E-state index contributed by atoms with van der Waals surface area (Å²) in [5, 5.41) is 6.32. The molecule has 0 spiro atoms. The predicted octanol–water partition coefficient (Wildman–Crippen LogP) is 2.64. The maximum Gasteiger partial charge on any atom is 0.208 e. The highest BCUT2D eigenvalue weighted by molar-refractivity contribution is 7.91. The van der Waals surface area contributed by atoms with Gasteiger partial charge in [-0.1, -0.05) is 0 Å². The minimum Gasteiger partial charge on any atom is -0.384 e. The number of hydrogen-bond acceptors (Lipinski definition) is 5. The number of sulfone groups is 1. The maximum absolute atomic E-state index is 13.5. The van der Waals surface area contributed by atoms with Gasteiger partial charge < -0.3 is 15.5 Å². The monoisotopic (exact) mass is 381 g/mol. The third-order valence-corrected chi connectivity index (χ3v) is 6.04. The number of nitrogens with zero attached hydrogens (tertiary/aromatic N) is 1. The molecule has 26 heavy (non-hydrogen) atoms. The van der Waals surface area contributed by atoms with Crippen molar-refractivity contribution < 1.29 is 17.2 Å². The molecule has 0 aromatic heterocycles. The number of rotatable bonds is 5. The van der Waals surface area contributed by atoms with Crippen LogP contribution in [0.2, 0.25) is 0 Å². The standard InChI is InChI=1S/C18H21F2N3O2S/c1-2-22-17-12-15(23-7-5-21-6-8-23)3-4-18(17)26(24,25)16-10-13(19)9-14(20)11-16/h3-4,9-12,21-22H,2,5-8H2,1H3. The van der Waals surface area contributed by atoms with Crippen LogP contribution in [0.25, 0.3) is 0 Å². The second-order valence-electron chi connectivity index (χ2n) is 6.06. The van der Waals surface area contributed by atoms with E-state index in [1.807, 2.05) is 6.92 Å². The molecule has 0 atom stereocenters. The van der Waals surface area contributed by atoms with Crippen LogP contribution in [0.15, 0.2) is 46.2 Å². The lowest BCUT2D eigenvalue weighted by Gasteiger charge is -2.30. The van der Waals surface area contributed by atoms with Gasteiger partial charge in [0.15, 0.2) is 0 Å². The molecule has 2 aromatic carbocycles. The summed E-state index contributed by atoms with van der Waals surface area (Å²) < 4.78 is 52.8. The molecular formula is C18H21F2N3O2S. The Kier molecular flexibility index (Phi) is 5.43. The van der Waals surface area contributed by atoms with Crippen LogP contribution in [-0.4, -0.2) is 41.1 Å². The molecule has 1 fully saturated rings. The second-order valence-corrected chi connectivity index (χ2v) is 7.97. The van der Waals surface area contributed by atoms with Gasteiger partial charge in [0.05, 0.1) is 15.5 Å². The van der Waals surface area contributed by atoms with Crippen molar-refractivity contribution in [2.24, 2.45) is 0 Å². The van der Waals surface area contributed by atoms with Gasteiger partial charge in [-0.2, -0.15) is 0 Å². The van der Waals surface area contributed by atoms with E-state index in [4.69, 9.17) is 0 Å². The molecule has 0 amide bonds. The van der Waals surface area contributed by atoms with Crippen molar-refractivity contribution in [2.75, 3.05) is 42.9 Å². The van der Waals surface area contributed by atoms with Gasteiger partial charge in [0.2, 0.25) is 9.84 Å². The van der Waals surface area contributed by atoms with Crippen LogP contribution in [0.5, 0.6) is 0 Å². The van der Waals surface area contributed by atoms with Crippen LogP contribution in [0.4, 0.5) is 20.2 Å². The molecule has 0 radical (unpaired) electrons. The lowest BCUT2D eigenvalue weighted by atomic mass is 10.2. The van der Waals surface area contributed by atoms with Crippen molar-refractivity contribution in [1.82, 2.24) is 5.32 Å². The average molecular weight is 381 g/mol. The molecule has 0 aliphatic carbocycles. The zero-order valence-electron chi connectivity index (χ0n) is 14.4. The zero-order chi connectivity index (χ0) is 18.7. The van der Waals surface area contributed by atoms with E-state index in [1.54, 1.807) is 12.1 Å². The number of benzene rings is 2. The van der Waals surface area contributed by atoms with Crippen molar-refractivity contribution in [2.45, 2.75) is 16.7 Å². The van der Waals surface area contributed by atoms with E-state index in [0.29, 0.717) is 18.3 Å². The second kappa shape index (κ2) is 7.59. The van der Waals surface area contributed by atoms with Gasteiger partial charge in [-0.3, -0.25) is 0 Å². The number of piperazine rings is 1. The van der Waals surface area contributed by atoms with E-state index in [-0.39, 0.29) is 4.90 Å². The van der Waals surface area contributed by atoms with Crippen molar-refractivity contribution in [3.63, 3.8) is 0 Å². The molecule has 0 unspecified atom stereocenters. The van der Waals surface area contributed by atoms with E-state index in [2.05, 4.69) is 15.5 Å². The number of nitrogens with one attached hydrogen (secondary N) is 2. The molecule has 1 aliphatic heterocycles. The summed E-state index contributed by atoms with van der Waals surface area (Å²) in [4.78, 5) is 1.77. The Bertz CT molecular complexity index is 877. The highest BCUT2D eigenvalue weighted by Gasteiger charge is 2.24. The van der Waals surface area contributed by atoms with E-state index in [9.17, 15) is 17.2 Å². The molecule has 1 saturated heterocycles. The van der Waals surface area contributed by atoms with E-state index in [1.165, 1.54) is 6.07 Å². The summed E-state index contributed by atoms with van der Waals surface area (Å²) in [5.41, 5.74) is 1.33. The summed E-state index contributed by atoms with van der Waals surface area (Å²) in [6, 6.07) is 7.31. The van der Waals surface area contributed by atoms with E-state index < -0.39 is 26.4 Å². The van der Waals surface area contributed by atoms with Crippen molar-refractivity contribution in [1.29, 1.82) is 0 Å². The van der Waals surface area contributed by atoms with E-state index in [0.717, 1.165) is 44.0 Å². The summed E-state index contributed by atoms with van der Waals surface area (Å²) >= 11 is 0. The minimum atomic E-state index is -4.06. The first-order valence-electron chi connectivity index (χ1n) is 8.46.